The minimum Gasteiger partial charge on any atom is -0.478 e. The van der Waals surface area contributed by atoms with Crippen LogP contribution in [0.5, 0.6) is 0 Å². The molecule has 6 heteroatoms. The molecule has 0 atom stereocenters. The van der Waals surface area contributed by atoms with E-state index in [9.17, 15) is 14.0 Å². The lowest BCUT2D eigenvalue weighted by molar-refractivity contribution is 0.0695. The van der Waals surface area contributed by atoms with Gasteiger partial charge in [-0.3, -0.25) is 9.78 Å². The van der Waals surface area contributed by atoms with E-state index >= 15 is 0 Å². The monoisotopic (exact) mass is 274 g/mol. The third-order valence-corrected chi connectivity index (χ3v) is 2.75. The average molecular weight is 274 g/mol. The van der Waals surface area contributed by atoms with Crippen molar-refractivity contribution in [3.05, 3.63) is 59.7 Å². The molecule has 0 radical (unpaired) electrons. The molecule has 2 rings (SSSR count). The van der Waals surface area contributed by atoms with Crippen molar-refractivity contribution in [1.29, 1.82) is 0 Å². The van der Waals surface area contributed by atoms with Crippen LogP contribution in [0.1, 0.15) is 20.8 Å². The average Bonchev–Trinajstić information content (AvgIpc) is 2.46. The van der Waals surface area contributed by atoms with E-state index in [2.05, 4.69) is 4.98 Å². The molecular formula is C14H11FN2O3. The Hall–Kier alpha value is -2.76. The maximum Gasteiger partial charge on any atom is 0.337 e. The first-order valence-corrected chi connectivity index (χ1v) is 5.72. The second-order valence-corrected chi connectivity index (χ2v) is 4.08. The van der Waals surface area contributed by atoms with E-state index in [1.165, 1.54) is 48.3 Å². The van der Waals surface area contributed by atoms with Gasteiger partial charge in [0.1, 0.15) is 11.5 Å². The molecule has 2 aromatic rings. The molecule has 0 aliphatic carbocycles. The van der Waals surface area contributed by atoms with Gasteiger partial charge in [-0.1, -0.05) is 0 Å². The number of pyridine rings is 1. The van der Waals surface area contributed by atoms with E-state index in [0.717, 1.165) is 6.20 Å². The number of carboxylic acid groups (broad SMARTS) is 1. The number of benzene rings is 1. The molecule has 1 aromatic carbocycles. The standard InChI is InChI=1S/C14H11FN2O3/c1-17(11-5-3-10(15)4-6-11)13(18)12-7-2-9(8-16-12)14(19)20/h2-8H,1H3,(H,19,20). The SMILES string of the molecule is CN(C(=O)c1ccc(C(=O)O)cn1)c1ccc(F)cc1. The number of hydrogen-bond donors (Lipinski definition) is 1. The summed E-state index contributed by atoms with van der Waals surface area (Å²) in [6, 6.07) is 8.09. The number of amides is 1. The van der Waals surface area contributed by atoms with Crippen LogP contribution in [-0.4, -0.2) is 29.0 Å². The molecule has 0 saturated carbocycles. The van der Waals surface area contributed by atoms with Crippen LogP contribution in [-0.2, 0) is 0 Å². The zero-order valence-electron chi connectivity index (χ0n) is 10.6. The lowest BCUT2D eigenvalue weighted by Crippen LogP contribution is -2.27. The summed E-state index contributed by atoms with van der Waals surface area (Å²) in [6.07, 6.45) is 1.12. The van der Waals surface area contributed by atoms with E-state index in [0.29, 0.717) is 5.69 Å². The third kappa shape index (κ3) is 2.80. The van der Waals surface area contributed by atoms with Crippen molar-refractivity contribution in [2.45, 2.75) is 0 Å². The predicted octanol–water partition coefficient (Wildman–Crippen LogP) is 2.20. The summed E-state index contributed by atoms with van der Waals surface area (Å²) in [5.41, 5.74) is 0.633. The number of rotatable bonds is 3. The molecule has 1 N–H and O–H groups in total. The van der Waals surface area contributed by atoms with Gasteiger partial charge in [-0.2, -0.15) is 0 Å². The smallest absolute Gasteiger partial charge is 0.337 e. The predicted molar refractivity (Wildman–Crippen MR) is 70.3 cm³/mol. The maximum absolute atomic E-state index is 12.8. The Morgan fingerprint density at radius 1 is 1.15 bits per heavy atom. The van der Waals surface area contributed by atoms with Gasteiger partial charge in [-0.15, -0.1) is 0 Å². The summed E-state index contributed by atoms with van der Waals surface area (Å²) in [5.74, 6) is -1.91. The molecule has 0 fully saturated rings. The minimum atomic E-state index is -1.11. The molecule has 20 heavy (non-hydrogen) atoms. The number of nitrogens with zero attached hydrogens (tertiary/aromatic N) is 2. The molecule has 1 heterocycles. The van der Waals surface area contributed by atoms with Crippen molar-refractivity contribution in [3.63, 3.8) is 0 Å². The fourth-order valence-corrected chi connectivity index (χ4v) is 1.60. The Kier molecular flexibility index (Phi) is 3.74. The van der Waals surface area contributed by atoms with Gasteiger partial charge < -0.3 is 10.0 Å². The maximum atomic E-state index is 12.8. The van der Waals surface area contributed by atoms with Crippen LogP contribution in [0.4, 0.5) is 10.1 Å². The topological polar surface area (TPSA) is 70.5 Å². The molecule has 1 aromatic heterocycles. The number of carboxylic acids is 1. The minimum absolute atomic E-state index is 0.00554. The normalized spacial score (nSPS) is 10.1. The zero-order chi connectivity index (χ0) is 14.7. The van der Waals surface area contributed by atoms with Crippen molar-refractivity contribution >= 4 is 17.6 Å². The molecule has 0 unspecified atom stereocenters. The van der Waals surface area contributed by atoms with Crippen molar-refractivity contribution in [1.82, 2.24) is 4.98 Å². The lowest BCUT2D eigenvalue weighted by atomic mass is 10.2. The quantitative estimate of drug-likeness (QED) is 0.931. The van der Waals surface area contributed by atoms with Gasteiger partial charge >= 0.3 is 5.97 Å². The van der Waals surface area contributed by atoms with Crippen LogP contribution >= 0.6 is 0 Å². The summed E-state index contributed by atoms with van der Waals surface area (Å²) in [4.78, 5) is 28.0. The first-order chi connectivity index (χ1) is 9.49. The fourth-order valence-electron chi connectivity index (χ4n) is 1.60. The summed E-state index contributed by atoms with van der Waals surface area (Å²) < 4.78 is 12.8. The number of carbonyl (C=O) groups is 2. The summed E-state index contributed by atoms with van der Waals surface area (Å²) in [7, 11) is 1.53. The highest BCUT2D eigenvalue weighted by atomic mass is 19.1. The van der Waals surface area contributed by atoms with Gasteiger partial charge in [0.25, 0.3) is 5.91 Å². The van der Waals surface area contributed by atoms with Crippen LogP contribution < -0.4 is 4.90 Å². The Morgan fingerprint density at radius 2 is 1.80 bits per heavy atom. The van der Waals surface area contributed by atoms with Gasteiger partial charge in [-0.25, -0.2) is 9.18 Å². The number of halogens is 1. The first kappa shape index (κ1) is 13.7. The number of carbonyl (C=O) groups excluding carboxylic acids is 1. The molecule has 5 nitrogen and oxygen atoms in total. The highest BCUT2D eigenvalue weighted by Gasteiger charge is 2.15. The Bertz CT molecular complexity index is 638. The molecule has 0 spiro atoms. The van der Waals surface area contributed by atoms with Gasteiger partial charge in [0, 0.05) is 18.9 Å². The summed E-state index contributed by atoms with van der Waals surface area (Å²) >= 11 is 0. The number of aromatic nitrogens is 1. The Morgan fingerprint density at radius 3 is 2.30 bits per heavy atom. The summed E-state index contributed by atoms with van der Waals surface area (Å²) in [5, 5.41) is 8.76. The van der Waals surface area contributed by atoms with E-state index in [-0.39, 0.29) is 11.3 Å². The largest absolute Gasteiger partial charge is 0.478 e. The Labute approximate surface area is 114 Å². The highest BCUT2D eigenvalue weighted by molar-refractivity contribution is 6.04. The van der Waals surface area contributed by atoms with Crippen molar-refractivity contribution in [2.75, 3.05) is 11.9 Å². The number of aromatic carboxylic acids is 1. The molecule has 0 aliphatic heterocycles. The van der Waals surface area contributed by atoms with Gasteiger partial charge in [0.15, 0.2) is 0 Å². The third-order valence-electron chi connectivity index (χ3n) is 2.75. The Balaban J connectivity index is 2.22. The summed E-state index contributed by atoms with van der Waals surface area (Å²) in [6.45, 7) is 0. The second kappa shape index (κ2) is 5.48. The van der Waals surface area contributed by atoms with E-state index in [1.807, 2.05) is 0 Å². The van der Waals surface area contributed by atoms with Crippen LogP contribution in [0.2, 0.25) is 0 Å². The van der Waals surface area contributed by atoms with Gasteiger partial charge in [0.05, 0.1) is 5.56 Å². The molecular weight excluding hydrogens is 263 g/mol. The van der Waals surface area contributed by atoms with Crippen molar-refractivity contribution in [3.8, 4) is 0 Å². The van der Waals surface area contributed by atoms with Gasteiger partial charge in [0.2, 0.25) is 0 Å². The van der Waals surface area contributed by atoms with E-state index < -0.39 is 17.7 Å². The van der Waals surface area contributed by atoms with Crippen LogP contribution in [0, 0.1) is 5.82 Å². The highest BCUT2D eigenvalue weighted by Crippen LogP contribution is 2.15. The number of anilines is 1. The molecule has 1 amide bonds. The van der Waals surface area contributed by atoms with E-state index in [1.54, 1.807) is 0 Å². The molecule has 0 saturated heterocycles. The lowest BCUT2D eigenvalue weighted by Gasteiger charge is -2.16. The zero-order valence-corrected chi connectivity index (χ0v) is 10.6. The van der Waals surface area contributed by atoms with E-state index in [4.69, 9.17) is 5.11 Å². The fraction of sp³-hybridized carbons (Fsp3) is 0.0714. The van der Waals surface area contributed by atoms with Crippen LogP contribution in [0.15, 0.2) is 42.6 Å². The van der Waals surface area contributed by atoms with Crippen molar-refractivity contribution < 1.29 is 19.1 Å². The molecule has 0 bridgehead atoms. The van der Waals surface area contributed by atoms with Crippen molar-refractivity contribution in [2.24, 2.45) is 0 Å². The first-order valence-electron chi connectivity index (χ1n) is 5.72. The molecule has 0 aliphatic rings. The number of hydrogen-bond acceptors (Lipinski definition) is 3. The molecule has 102 valence electrons. The van der Waals surface area contributed by atoms with Gasteiger partial charge in [-0.05, 0) is 36.4 Å². The van der Waals surface area contributed by atoms with Crippen LogP contribution in [0.25, 0.3) is 0 Å². The van der Waals surface area contributed by atoms with Crippen LogP contribution in [0.3, 0.4) is 0 Å². The second-order valence-electron chi connectivity index (χ2n) is 4.08.